The van der Waals surface area contributed by atoms with Crippen LogP contribution in [0.2, 0.25) is 0 Å². The second-order valence-electron chi connectivity index (χ2n) is 3.45. The van der Waals surface area contributed by atoms with E-state index in [9.17, 15) is 4.79 Å². The van der Waals surface area contributed by atoms with Crippen molar-refractivity contribution >= 4 is 17.2 Å². The highest BCUT2D eigenvalue weighted by molar-refractivity contribution is 7.07. The highest BCUT2D eigenvalue weighted by atomic mass is 32.1. The van der Waals surface area contributed by atoms with Crippen molar-refractivity contribution in [2.75, 3.05) is 6.54 Å². The molecule has 84 valence electrons. The number of carbonyl (C=O) groups excluding carboxylic acids is 1. The Kier molecular flexibility index (Phi) is 5.28. The Hall–Kier alpha value is -0.940. The van der Waals surface area contributed by atoms with E-state index in [1.54, 1.807) is 5.51 Å². The van der Waals surface area contributed by atoms with E-state index in [0.717, 1.165) is 12.1 Å². The number of amides is 1. The zero-order chi connectivity index (χ0) is 11.1. The summed E-state index contributed by atoms with van der Waals surface area (Å²) in [5, 5.41) is 7.87. The van der Waals surface area contributed by atoms with Crippen LogP contribution in [0, 0.1) is 0 Å². The lowest BCUT2D eigenvalue weighted by Gasteiger charge is -2.10. The predicted octanol–water partition coefficient (Wildman–Crippen LogP) is 1.15. The van der Waals surface area contributed by atoms with Gasteiger partial charge in [0.1, 0.15) is 0 Å². The van der Waals surface area contributed by atoms with Gasteiger partial charge in [-0.1, -0.05) is 6.92 Å². The van der Waals surface area contributed by atoms with Gasteiger partial charge in [0.2, 0.25) is 5.91 Å². The van der Waals surface area contributed by atoms with Gasteiger partial charge in [-0.25, -0.2) is 4.98 Å². The number of rotatable bonds is 6. The summed E-state index contributed by atoms with van der Waals surface area (Å²) in [6, 6.07) is 0.384. The largest absolute Gasteiger partial charge is 0.349 e. The monoisotopic (exact) mass is 227 g/mol. The third-order valence-electron chi connectivity index (χ3n) is 2.17. The van der Waals surface area contributed by atoms with Gasteiger partial charge in [-0.05, 0) is 13.3 Å². The molecule has 0 aliphatic rings. The predicted molar refractivity (Wildman–Crippen MR) is 61.7 cm³/mol. The van der Waals surface area contributed by atoms with Crippen molar-refractivity contribution in [3.63, 3.8) is 0 Å². The SMILES string of the molecule is CCC(C)NCC(=O)NCc1cscn1. The first kappa shape index (κ1) is 12.1. The maximum atomic E-state index is 11.4. The lowest BCUT2D eigenvalue weighted by molar-refractivity contribution is -0.120. The molecule has 0 saturated heterocycles. The van der Waals surface area contributed by atoms with E-state index < -0.39 is 0 Å². The summed E-state index contributed by atoms with van der Waals surface area (Å²) in [6.07, 6.45) is 1.03. The Morgan fingerprint density at radius 1 is 1.67 bits per heavy atom. The van der Waals surface area contributed by atoms with E-state index in [4.69, 9.17) is 0 Å². The summed E-state index contributed by atoms with van der Waals surface area (Å²) in [7, 11) is 0. The Bertz CT molecular complexity index is 287. The molecule has 0 fully saturated rings. The summed E-state index contributed by atoms with van der Waals surface area (Å²) >= 11 is 1.54. The van der Waals surface area contributed by atoms with E-state index in [1.807, 2.05) is 5.38 Å². The van der Waals surface area contributed by atoms with Crippen LogP contribution >= 0.6 is 11.3 Å². The third kappa shape index (κ3) is 4.90. The average molecular weight is 227 g/mol. The van der Waals surface area contributed by atoms with Crippen molar-refractivity contribution in [3.8, 4) is 0 Å². The number of hydrogen-bond donors (Lipinski definition) is 2. The molecule has 1 unspecified atom stereocenters. The smallest absolute Gasteiger partial charge is 0.234 e. The fraction of sp³-hybridized carbons (Fsp3) is 0.600. The van der Waals surface area contributed by atoms with E-state index in [0.29, 0.717) is 19.1 Å². The van der Waals surface area contributed by atoms with Crippen molar-refractivity contribution in [1.82, 2.24) is 15.6 Å². The second kappa shape index (κ2) is 6.53. The molecule has 1 amide bonds. The molecule has 1 heterocycles. The van der Waals surface area contributed by atoms with Crippen molar-refractivity contribution in [2.24, 2.45) is 0 Å². The van der Waals surface area contributed by atoms with Gasteiger partial charge in [-0.2, -0.15) is 0 Å². The normalized spacial score (nSPS) is 12.4. The number of hydrogen-bond acceptors (Lipinski definition) is 4. The number of aromatic nitrogens is 1. The standard InChI is InChI=1S/C10H17N3OS/c1-3-8(2)11-5-10(14)12-4-9-6-15-7-13-9/h6-8,11H,3-5H2,1-2H3,(H,12,14). The van der Waals surface area contributed by atoms with Crippen molar-refractivity contribution in [2.45, 2.75) is 32.9 Å². The fourth-order valence-electron chi connectivity index (χ4n) is 0.988. The first-order chi connectivity index (χ1) is 7.22. The molecule has 0 saturated carbocycles. The van der Waals surface area contributed by atoms with Gasteiger partial charge < -0.3 is 10.6 Å². The highest BCUT2D eigenvalue weighted by Gasteiger charge is 2.03. The van der Waals surface area contributed by atoms with Crippen molar-refractivity contribution < 1.29 is 4.79 Å². The van der Waals surface area contributed by atoms with Crippen LogP contribution in [0.3, 0.4) is 0 Å². The minimum absolute atomic E-state index is 0.0169. The minimum Gasteiger partial charge on any atom is -0.349 e. The number of thiazole rings is 1. The summed E-state index contributed by atoms with van der Waals surface area (Å²) in [4.78, 5) is 15.4. The average Bonchev–Trinajstić information content (AvgIpc) is 2.75. The molecule has 4 nitrogen and oxygen atoms in total. The molecular weight excluding hydrogens is 210 g/mol. The van der Waals surface area contributed by atoms with Gasteiger partial charge in [-0.15, -0.1) is 11.3 Å². The second-order valence-corrected chi connectivity index (χ2v) is 4.17. The van der Waals surface area contributed by atoms with Gasteiger partial charge in [-0.3, -0.25) is 4.79 Å². The minimum atomic E-state index is 0.0169. The lowest BCUT2D eigenvalue weighted by Crippen LogP contribution is -2.37. The fourth-order valence-corrected chi connectivity index (χ4v) is 1.55. The van der Waals surface area contributed by atoms with Crippen LogP contribution in [0.15, 0.2) is 10.9 Å². The van der Waals surface area contributed by atoms with Crippen LogP contribution in [0.1, 0.15) is 26.0 Å². The molecule has 0 radical (unpaired) electrons. The van der Waals surface area contributed by atoms with Crippen LogP contribution in [0.25, 0.3) is 0 Å². The van der Waals surface area contributed by atoms with Gasteiger partial charge in [0.15, 0.2) is 0 Å². The zero-order valence-electron chi connectivity index (χ0n) is 9.12. The first-order valence-electron chi connectivity index (χ1n) is 5.09. The molecule has 15 heavy (non-hydrogen) atoms. The summed E-state index contributed by atoms with van der Waals surface area (Å²) < 4.78 is 0. The molecule has 0 bridgehead atoms. The molecule has 0 aromatic carbocycles. The quantitative estimate of drug-likeness (QED) is 0.766. The van der Waals surface area contributed by atoms with E-state index in [2.05, 4.69) is 29.5 Å². The number of carbonyl (C=O) groups is 1. The molecule has 1 aromatic heterocycles. The number of nitrogens with zero attached hydrogens (tertiary/aromatic N) is 1. The lowest BCUT2D eigenvalue weighted by atomic mass is 10.2. The van der Waals surface area contributed by atoms with Crippen molar-refractivity contribution in [3.05, 3.63) is 16.6 Å². The van der Waals surface area contributed by atoms with Crippen LogP contribution in [-0.4, -0.2) is 23.5 Å². The van der Waals surface area contributed by atoms with Gasteiger partial charge in [0.25, 0.3) is 0 Å². The van der Waals surface area contributed by atoms with E-state index in [-0.39, 0.29) is 5.91 Å². The third-order valence-corrected chi connectivity index (χ3v) is 2.81. The van der Waals surface area contributed by atoms with Gasteiger partial charge in [0, 0.05) is 11.4 Å². The van der Waals surface area contributed by atoms with Gasteiger partial charge >= 0.3 is 0 Å². The molecule has 1 aromatic rings. The van der Waals surface area contributed by atoms with Crippen LogP contribution in [0.4, 0.5) is 0 Å². The maximum Gasteiger partial charge on any atom is 0.234 e. The maximum absolute atomic E-state index is 11.4. The van der Waals surface area contributed by atoms with E-state index in [1.165, 1.54) is 11.3 Å². The van der Waals surface area contributed by atoms with E-state index >= 15 is 0 Å². The van der Waals surface area contributed by atoms with Crippen LogP contribution < -0.4 is 10.6 Å². The summed E-state index contributed by atoms with van der Waals surface area (Å²) in [6.45, 7) is 5.04. The van der Waals surface area contributed by atoms with Crippen LogP contribution in [0.5, 0.6) is 0 Å². The van der Waals surface area contributed by atoms with Crippen molar-refractivity contribution in [1.29, 1.82) is 0 Å². The summed E-state index contributed by atoms with van der Waals surface area (Å²) in [5.74, 6) is 0.0169. The topological polar surface area (TPSA) is 54.0 Å². The summed E-state index contributed by atoms with van der Waals surface area (Å²) in [5.41, 5.74) is 2.68. The molecule has 1 rings (SSSR count). The zero-order valence-corrected chi connectivity index (χ0v) is 9.93. The Balaban J connectivity index is 2.14. The molecular formula is C10H17N3OS. The number of nitrogens with one attached hydrogen (secondary N) is 2. The molecule has 0 aliphatic carbocycles. The Labute approximate surface area is 94.1 Å². The first-order valence-corrected chi connectivity index (χ1v) is 6.03. The molecule has 1 atom stereocenters. The molecule has 5 heteroatoms. The Morgan fingerprint density at radius 2 is 2.47 bits per heavy atom. The molecule has 0 aliphatic heterocycles. The highest BCUT2D eigenvalue weighted by Crippen LogP contribution is 1.99. The molecule has 0 spiro atoms. The Morgan fingerprint density at radius 3 is 3.07 bits per heavy atom. The van der Waals surface area contributed by atoms with Crippen LogP contribution in [-0.2, 0) is 11.3 Å². The molecule has 2 N–H and O–H groups in total. The van der Waals surface area contributed by atoms with Gasteiger partial charge in [0.05, 0.1) is 24.3 Å².